The third kappa shape index (κ3) is 5.39. The van der Waals surface area contributed by atoms with Gasteiger partial charge in [-0.3, -0.25) is 4.79 Å². The number of rotatable bonds is 6. The van der Waals surface area contributed by atoms with Crippen LogP contribution in [0.2, 0.25) is 0 Å². The Labute approximate surface area is 170 Å². The molecule has 3 aromatic rings. The Morgan fingerprint density at radius 2 is 1.38 bits per heavy atom. The van der Waals surface area contributed by atoms with Crippen LogP contribution < -0.4 is 5.32 Å². The van der Waals surface area contributed by atoms with Gasteiger partial charge in [0.25, 0.3) is 0 Å². The van der Waals surface area contributed by atoms with E-state index in [1.54, 1.807) is 6.92 Å². The maximum absolute atomic E-state index is 12.6. The molecule has 0 saturated carbocycles. The topological polar surface area (TPSA) is 67.8 Å². The first kappa shape index (κ1) is 20.0. The average molecular weight is 386 g/mol. The fourth-order valence-electron chi connectivity index (χ4n) is 2.80. The average Bonchev–Trinajstić information content (AvgIpc) is 2.72. The summed E-state index contributed by atoms with van der Waals surface area (Å²) >= 11 is 0. The molecule has 0 radical (unpaired) electrons. The molecule has 1 N–H and O–H groups in total. The summed E-state index contributed by atoms with van der Waals surface area (Å²) in [5, 5.41) is 7.08. The number of benzene rings is 3. The first-order valence-electron chi connectivity index (χ1n) is 9.23. The zero-order chi connectivity index (χ0) is 20.8. The van der Waals surface area contributed by atoms with Crippen molar-refractivity contribution in [2.45, 2.75) is 20.8 Å². The third-order valence-electron chi connectivity index (χ3n) is 4.33. The van der Waals surface area contributed by atoms with Gasteiger partial charge in [-0.15, -0.1) is 0 Å². The lowest BCUT2D eigenvalue weighted by Crippen LogP contribution is -2.02. The van der Waals surface area contributed by atoms with Crippen molar-refractivity contribution in [2.24, 2.45) is 5.16 Å². The van der Waals surface area contributed by atoms with E-state index in [9.17, 15) is 9.59 Å². The molecule has 5 heteroatoms. The van der Waals surface area contributed by atoms with Crippen molar-refractivity contribution in [2.75, 3.05) is 5.32 Å². The fourth-order valence-corrected chi connectivity index (χ4v) is 2.80. The molecule has 5 nitrogen and oxygen atoms in total. The van der Waals surface area contributed by atoms with Crippen molar-refractivity contribution in [1.29, 1.82) is 0 Å². The smallest absolute Gasteiger partial charge is 0.331 e. The molecule has 0 heterocycles. The molecular weight excluding hydrogens is 364 g/mol. The molecule has 0 fully saturated rings. The SMILES string of the molecule is CC(=O)ON=C(C)c1ccc(Nc2ccc(C(=O)c3cccc(C)c3)cc2)cc1. The van der Waals surface area contributed by atoms with E-state index in [0.29, 0.717) is 16.8 Å². The molecule has 0 amide bonds. The van der Waals surface area contributed by atoms with Crippen LogP contribution in [-0.2, 0) is 9.63 Å². The molecule has 3 rings (SSSR count). The van der Waals surface area contributed by atoms with Crippen molar-refractivity contribution in [3.8, 4) is 0 Å². The van der Waals surface area contributed by atoms with Crippen LogP contribution >= 0.6 is 0 Å². The summed E-state index contributed by atoms with van der Waals surface area (Å²) in [6.45, 7) is 5.05. The maximum Gasteiger partial charge on any atom is 0.331 e. The lowest BCUT2D eigenvalue weighted by atomic mass is 10.0. The molecule has 0 unspecified atom stereocenters. The third-order valence-corrected chi connectivity index (χ3v) is 4.33. The zero-order valence-corrected chi connectivity index (χ0v) is 16.6. The van der Waals surface area contributed by atoms with Crippen LogP contribution in [0.1, 0.15) is 40.9 Å². The summed E-state index contributed by atoms with van der Waals surface area (Å²) in [6.07, 6.45) is 0. The van der Waals surface area contributed by atoms with E-state index in [-0.39, 0.29) is 5.78 Å². The Bertz CT molecular complexity index is 1050. The molecule has 29 heavy (non-hydrogen) atoms. The predicted octanol–water partition coefficient (Wildman–Crippen LogP) is 5.26. The Morgan fingerprint density at radius 3 is 1.93 bits per heavy atom. The first-order valence-corrected chi connectivity index (χ1v) is 9.23. The van der Waals surface area contributed by atoms with Crippen LogP contribution in [0.4, 0.5) is 11.4 Å². The van der Waals surface area contributed by atoms with E-state index < -0.39 is 5.97 Å². The first-order chi connectivity index (χ1) is 13.9. The molecule has 0 bridgehead atoms. The Hall–Kier alpha value is -3.73. The van der Waals surface area contributed by atoms with Crippen LogP contribution in [0.3, 0.4) is 0 Å². The number of carbonyl (C=O) groups is 2. The van der Waals surface area contributed by atoms with Crippen molar-refractivity contribution in [3.05, 3.63) is 95.1 Å². The lowest BCUT2D eigenvalue weighted by molar-refractivity contribution is -0.140. The number of anilines is 2. The van der Waals surface area contributed by atoms with Crippen LogP contribution in [0.5, 0.6) is 0 Å². The van der Waals surface area contributed by atoms with Crippen LogP contribution in [0.25, 0.3) is 0 Å². The summed E-state index contributed by atoms with van der Waals surface area (Å²) in [4.78, 5) is 28.1. The van der Waals surface area contributed by atoms with Gasteiger partial charge in [-0.1, -0.05) is 41.1 Å². The van der Waals surface area contributed by atoms with E-state index in [1.807, 2.05) is 79.7 Å². The van der Waals surface area contributed by atoms with E-state index in [4.69, 9.17) is 0 Å². The van der Waals surface area contributed by atoms with Gasteiger partial charge in [0.1, 0.15) is 0 Å². The van der Waals surface area contributed by atoms with Gasteiger partial charge in [-0.2, -0.15) is 0 Å². The highest BCUT2D eigenvalue weighted by atomic mass is 16.7. The van der Waals surface area contributed by atoms with Crippen molar-refractivity contribution in [3.63, 3.8) is 0 Å². The number of hydrogen-bond acceptors (Lipinski definition) is 5. The molecular formula is C24H22N2O3. The molecule has 0 aliphatic heterocycles. The molecule has 146 valence electrons. The predicted molar refractivity (Wildman–Crippen MR) is 115 cm³/mol. The zero-order valence-electron chi connectivity index (χ0n) is 16.6. The van der Waals surface area contributed by atoms with Gasteiger partial charge in [0.15, 0.2) is 5.78 Å². The van der Waals surface area contributed by atoms with E-state index in [0.717, 1.165) is 22.5 Å². The molecule has 0 atom stereocenters. The van der Waals surface area contributed by atoms with E-state index >= 15 is 0 Å². The Kier molecular flexibility index (Phi) is 6.19. The quantitative estimate of drug-likeness (QED) is 0.272. The van der Waals surface area contributed by atoms with Crippen LogP contribution in [0.15, 0.2) is 78.0 Å². The number of nitrogens with zero attached hydrogens (tertiary/aromatic N) is 1. The summed E-state index contributed by atoms with van der Waals surface area (Å²) in [5.74, 6) is -0.445. The van der Waals surface area contributed by atoms with Gasteiger partial charge in [0, 0.05) is 29.4 Å². The maximum atomic E-state index is 12.6. The van der Waals surface area contributed by atoms with Gasteiger partial charge in [0.05, 0.1) is 5.71 Å². The lowest BCUT2D eigenvalue weighted by Gasteiger charge is -2.09. The Balaban J connectivity index is 1.67. The number of ketones is 1. The van der Waals surface area contributed by atoms with Crippen molar-refractivity contribution in [1.82, 2.24) is 0 Å². The summed E-state index contributed by atoms with van der Waals surface area (Å²) in [7, 11) is 0. The van der Waals surface area contributed by atoms with Crippen molar-refractivity contribution >= 4 is 28.8 Å². The van der Waals surface area contributed by atoms with Gasteiger partial charge in [0.2, 0.25) is 0 Å². The molecule has 0 aromatic heterocycles. The second-order valence-corrected chi connectivity index (χ2v) is 6.74. The van der Waals surface area contributed by atoms with Gasteiger partial charge in [-0.05, 0) is 61.9 Å². The number of hydrogen-bond donors (Lipinski definition) is 1. The normalized spacial score (nSPS) is 11.1. The molecule has 0 spiro atoms. The van der Waals surface area contributed by atoms with E-state index in [2.05, 4.69) is 15.3 Å². The number of oxime groups is 1. The van der Waals surface area contributed by atoms with Crippen LogP contribution in [0, 0.1) is 6.92 Å². The highest BCUT2D eigenvalue weighted by Crippen LogP contribution is 2.20. The van der Waals surface area contributed by atoms with Crippen LogP contribution in [-0.4, -0.2) is 17.5 Å². The summed E-state index contributed by atoms with van der Waals surface area (Å²) in [5.41, 5.74) is 5.64. The largest absolute Gasteiger partial charge is 0.356 e. The highest BCUT2D eigenvalue weighted by molar-refractivity contribution is 6.09. The fraction of sp³-hybridized carbons (Fsp3) is 0.125. The van der Waals surface area contributed by atoms with Gasteiger partial charge >= 0.3 is 5.97 Å². The summed E-state index contributed by atoms with van der Waals surface area (Å²) in [6, 6.07) is 22.6. The van der Waals surface area contributed by atoms with Crippen molar-refractivity contribution < 1.29 is 14.4 Å². The second-order valence-electron chi connectivity index (χ2n) is 6.74. The van der Waals surface area contributed by atoms with Gasteiger partial charge in [-0.25, -0.2) is 4.79 Å². The van der Waals surface area contributed by atoms with E-state index in [1.165, 1.54) is 6.92 Å². The minimum atomic E-state index is -0.452. The number of nitrogens with one attached hydrogen (secondary N) is 1. The molecule has 3 aromatic carbocycles. The monoisotopic (exact) mass is 386 g/mol. The minimum Gasteiger partial charge on any atom is -0.356 e. The second kappa shape index (κ2) is 8.97. The van der Waals surface area contributed by atoms with Gasteiger partial charge < -0.3 is 10.2 Å². The Morgan fingerprint density at radius 1 is 0.793 bits per heavy atom. The molecule has 0 aliphatic rings. The summed E-state index contributed by atoms with van der Waals surface area (Å²) < 4.78 is 0. The number of aryl methyl sites for hydroxylation is 1. The highest BCUT2D eigenvalue weighted by Gasteiger charge is 2.09. The standard InChI is InChI=1S/C24H22N2O3/c1-16-5-4-6-21(15-16)24(28)20-9-13-23(14-10-20)25-22-11-7-19(8-12-22)17(2)26-29-18(3)27/h4-15,25H,1-3H3. The minimum absolute atomic E-state index is 0.00662. The molecule has 0 aliphatic carbocycles. The number of carbonyl (C=O) groups excluding carboxylic acids is 2. The molecule has 0 saturated heterocycles.